The van der Waals surface area contributed by atoms with Crippen LogP contribution in [0.25, 0.3) is 5.69 Å². The van der Waals surface area contributed by atoms with Crippen LogP contribution in [0.3, 0.4) is 0 Å². The molecule has 1 atom stereocenters. The molecule has 0 radical (unpaired) electrons. The van der Waals surface area contributed by atoms with Crippen molar-refractivity contribution in [3.05, 3.63) is 53.1 Å². The normalized spacial score (nSPS) is 21.6. The zero-order valence-electron chi connectivity index (χ0n) is 21.8. The first-order valence-corrected chi connectivity index (χ1v) is 14.6. The maximum absolute atomic E-state index is 12.7. The van der Waals surface area contributed by atoms with E-state index in [1.807, 2.05) is 24.3 Å². The second-order valence-corrected chi connectivity index (χ2v) is 11.7. The van der Waals surface area contributed by atoms with E-state index in [4.69, 9.17) is 5.73 Å². The van der Waals surface area contributed by atoms with Gasteiger partial charge in [-0.2, -0.15) is 5.10 Å². The highest BCUT2D eigenvalue weighted by molar-refractivity contribution is 7.15. The highest BCUT2D eigenvalue weighted by Crippen LogP contribution is 2.32. The lowest BCUT2D eigenvalue weighted by atomic mass is 9.83. The first-order valence-electron chi connectivity index (χ1n) is 13.8. The van der Waals surface area contributed by atoms with Crippen molar-refractivity contribution in [1.29, 1.82) is 0 Å². The van der Waals surface area contributed by atoms with Gasteiger partial charge in [-0.3, -0.25) is 4.79 Å². The van der Waals surface area contributed by atoms with Gasteiger partial charge in [0.2, 0.25) is 5.91 Å². The predicted octanol–water partition coefficient (Wildman–Crippen LogP) is 4.18. The minimum Gasteiger partial charge on any atom is -0.375 e. The highest BCUT2D eigenvalue weighted by Gasteiger charge is 2.28. The van der Waals surface area contributed by atoms with Crippen LogP contribution in [0.1, 0.15) is 68.0 Å². The lowest BCUT2D eigenvalue weighted by molar-refractivity contribution is -0.121. The third-order valence-corrected chi connectivity index (χ3v) is 8.93. The fourth-order valence-electron chi connectivity index (χ4n) is 5.97. The van der Waals surface area contributed by atoms with Crippen LogP contribution in [-0.4, -0.2) is 55.7 Å². The average molecular weight is 522 g/mol. The van der Waals surface area contributed by atoms with Gasteiger partial charge in [0, 0.05) is 17.0 Å². The number of rotatable bonds is 10. The van der Waals surface area contributed by atoms with Crippen molar-refractivity contribution in [3.8, 4) is 5.69 Å². The zero-order valence-corrected chi connectivity index (χ0v) is 22.6. The fourth-order valence-corrected chi connectivity index (χ4v) is 6.92. The number of nitrogens with zero attached hydrogens (tertiary/aromatic N) is 5. The number of hydrogen-bond acceptors (Lipinski definition) is 7. The molecule has 37 heavy (non-hydrogen) atoms. The molecule has 5 rings (SSSR count). The number of thiazole rings is 1. The smallest absolute Gasteiger partial charge is 0.224 e. The Balaban J connectivity index is 1.04. The number of amides is 1. The summed E-state index contributed by atoms with van der Waals surface area (Å²) in [5, 5.41) is 8.15. The summed E-state index contributed by atoms with van der Waals surface area (Å²) < 4.78 is 1.71. The van der Waals surface area contributed by atoms with Gasteiger partial charge in [0.05, 0.1) is 17.8 Å². The Hall–Kier alpha value is -2.78. The molecule has 1 amide bonds. The minimum atomic E-state index is 0.117. The molecule has 0 aliphatic heterocycles. The van der Waals surface area contributed by atoms with Gasteiger partial charge in [-0.05, 0) is 94.5 Å². The SMILES string of the molecule is CCCN(CCC1CCC(NC(=O)Cc2ccc(-n3cncn3)cc2)CC1)[C@H]1CCc2nc(N)sc2C1. The lowest BCUT2D eigenvalue weighted by Crippen LogP contribution is -2.41. The number of carbonyl (C=O) groups is 1. The van der Waals surface area contributed by atoms with Crippen LogP contribution in [0.15, 0.2) is 36.9 Å². The minimum absolute atomic E-state index is 0.117. The van der Waals surface area contributed by atoms with Crippen LogP contribution in [0, 0.1) is 5.92 Å². The van der Waals surface area contributed by atoms with Crippen molar-refractivity contribution in [2.45, 2.75) is 83.2 Å². The molecule has 1 saturated carbocycles. The summed E-state index contributed by atoms with van der Waals surface area (Å²) in [5.41, 5.74) is 9.15. The molecule has 2 aromatic heterocycles. The van der Waals surface area contributed by atoms with Crippen molar-refractivity contribution >= 4 is 22.4 Å². The van der Waals surface area contributed by atoms with E-state index in [1.165, 1.54) is 62.1 Å². The quantitative estimate of drug-likeness (QED) is 0.415. The Morgan fingerprint density at radius 3 is 2.70 bits per heavy atom. The molecule has 1 fully saturated rings. The number of benzene rings is 1. The van der Waals surface area contributed by atoms with Crippen LogP contribution < -0.4 is 11.1 Å². The summed E-state index contributed by atoms with van der Waals surface area (Å²) in [6.45, 7) is 4.62. The number of fused-ring (bicyclic) bond motifs is 1. The van der Waals surface area contributed by atoms with Crippen LogP contribution in [0.4, 0.5) is 5.13 Å². The van der Waals surface area contributed by atoms with Gasteiger partial charge in [0.25, 0.3) is 0 Å². The van der Waals surface area contributed by atoms with Crippen molar-refractivity contribution < 1.29 is 4.79 Å². The Morgan fingerprint density at radius 2 is 1.97 bits per heavy atom. The summed E-state index contributed by atoms with van der Waals surface area (Å²) in [7, 11) is 0. The van der Waals surface area contributed by atoms with E-state index in [-0.39, 0.29) is 5.91 Å². The van der Waals surface area contributed by atoms with Crippen molar-refractivity contribution in [2.75, 3.05) is 18.8 Å². The molecule has 8 nitrogen and oxygen atoms in total. The van der Waals surface area contributed by atoms with Crippen molar-refractivity contribution in [2.24, 2.45) is 5.92 Å². The Labute approximate surface area is 223 Å². The molecule has 0 unspecified atom stereocenters. The molecule has 0 saturated heterocycles. The van der Waals surface area contributed by atoms with E-state index >= 15 is 0 Å². The van der Waals surface area contributed by atoms with E-state index in [1.54, 1.807) is 22.3 Å². The number of nitrogens with one attached hydrogen (secondary N) is 1. The number of aryl methyl sites for hydroxylation is 1. The first kappa shape index (κ1) is 25.9. The fraction of sp³-hybridized carbons (Fsp3) is 0.571. The molecular weight excluding hydrogens is 482 g/mol. The summed E-state index contributed by atoms with van der Waals surface area (Å²) in [6.07, 6.45) is 14.0. The van der Waals surface area contributed by atoms with E-state index in [0.717, 1.165) is 48.0 Å². The van der Waals surface area contributed by atoms with Crippen LogP contribution >= 0.6 is 11.3 Å². The van der Waals surface area contributed by atoms with Gasteiger partial charge in [0.1, 0.15) is 12.7 Å². The second kappa shape index (κ2) is 12.2. The highest BCUT2D eigenvalue weighted by atomic mass is 32.1. The summed E-state index contributed by atoms with van der Waals surface area (Å²) in [5.74, 6) is 0.876. The Bertz CT molecular complexity index is 1140. The van der Waals surface area contributed by atoms with Gasteiger partial charge in [0.15, 0.2) is 5.13 Å². The molecule has 198 valence electrons. The number of nitrogen functional groups attached to an aromatic ring is 1. The van der Waals surface area contributed by atoms with Gasteiger partial charge in [-0.1, -0.05) is 19.1 Å². The standard InChI is InChI=1S/C28H39N7OS/c1-2-14-34(24-11-12-25-26(17-24)37-28(29)33-25)15-13-20-3-7-22(8-4-20)32-27(36)16-21-5-9-23(10-6-21)35-19-30-18-31-35/h5-6,9-10,18-20,22,24H,2-4,7-8,11-17H2,1H3,(H2,29,33)(H,32,36)/t20?,22?,24-/m0/s1. The number of carbonyl (C=O) groups excluding carboxylic acids is 1. The van der Waals surface area contributed by atoms with Crippen molar-refractivity contribution in [3.63, 3.8) is 0 Å². The zero-order chi connectivity index (χ0) is 25.6. The molecule has 0 bridgehead atoms. The molecule has 0 spiro atoms. The molecule has 2 heterocycles. The lowest BCUT2D eigenvalue weighted by Gasteiger charge is -2.36. The molecule has 3 N–H and O–H groups in total. The molecule has 3 aromatic rings. The van der Waals surface area contributed by atoms with Crippen molar-refractivity contribution in [1.82, 2.24) is 30.0 Å². The van der Waals surface area contributed by atoms with E-state index in [9.17, 15) is 4.79 Å². The van der Waals surface area contributed by atoms with Crippen LogP contribution in [0.5, 0.6) is 0 Å². The Morgan fingerprint density at radius 1 is 1.16 bits per heavy atom. The average Bonchev–Trinajstić information content (AvgIpc) is 3.57. The largest absolute Gasteiger partial charge is 0.375 e. The number of anilines is 1. The van der Waals surface area contributed by atoms with Gasteiger partial charge in [-0.15, -0.1) is 11.3 Å². The third kappa shape index (κ3) is 6.76. The molecule has 9 heteroatoms. The maximum Gasteiger partial charge on any atom is 0.224 e. The van der Waals surface area contributed by atoms with Gasteiger partial charge in [-0.25, -0.2) is 14.6 Å². The summed E-state index contributed by atoms with van der Waals surface area (Å²) >= 11 is 1.68. The topological polar surface area (TPSA) is 102 Å². The number of hydrogen-bond donors (Lipinski definition) is 2. The molecular formula is C28H39N7OS. The summed E-state index contributed by atoms with van der Waals surface area (Å²) in [6, 6.07) is 8.86. The van der Waals surface area contributed by atoms with Crippen LogP contribution in [0.2, 0.25) is 0 Å². The van der Waals surface area contributed by atoms with E-state index in [0.29, 0.717) is 18.5 Å². The van der Waals surface area contributed by atoms with Crippen LogP contribution in [-0.2, 0) is 24.1 Å². The number of nitrogens with two attached hydrogens (primary N) is 1. The number of aromatic nitrogens is 4. The molecule has 1 aromatic carbocycles. The molecule has 2 aliphatic carbocycles. The third-order valence-electron chi connectivity index (χ3n) is 7.98. The second-order valence-electron chi connectivity index (χ2n) is 10.6. The maximum atomic E-state index is 12.7. The Kier molecular flexibility index (Phi) is 8.51. The van der Waals surface area contributed by atoms with E-state index < -0.39 is 0 Å². The van der Waals surface area contributed by atoms with Gasteiger partial charge < -0.3 is 16.0 Å². The predicted molar refractivity (Wildman–Crippen MR) is 148 cm³/mol. The molecule has 2 aliphatic rings. The summed E-state index contributed by atoms with van der Waals surface area (Å²) in [4.78, 5) is 25.3. The first-order chi connectivity index (χ1) is 18.1. The van der Waals surface area contributed by atoms with E-state index in [2.05, 4.69) is 32.2 Å². The van der Waals surface area contributed by atoms with Gasteiger partial charge >= 0.3 is 0 Å². The monoisotopic (exact) mass is 521 g/mol.